The maximum atomic E-state index is 13.1. The van der Waals surface area contributed by atoms with E-state index in [1.54, 1.807) is 17.0 Å². The van der Waals surface area contributed by atoms with Crippen molar-refractivity contribution in [3.05, 3.63) is 100.0 Å². The van der Waals surface area contributed by atoms with Gasteiger partial charge >= 0.3 is 0 Å². The molecule has 6 heteroatoms. The topological polar surface area (TPSA) is 43.1 Å². The van der Waals surface area contributed by atoms with Gasteiger partial charge in [0.15, 0.2) is 0 Å². The maximum Gasteiger partial charge on any atom is 0.256 e. The number of aryl methyl sites for hydroxylation is 2. The number of benzene rings is 2. The first-order valence-corrected chi connectivity index (χ1v) is 10.3. The minimum absolute atomic E-state index is 0.0740. The minimum atomic E-state index is -0.0740. The molecule has 0 unspecified atom stereocenters. The van der Waals surface area contributed by atoms with E-state index in [-0.39, 0.29) is 5.91 Å². The fraction of sp³-hybridized carbons (Fsp3) is 0.167. The molecule has 0 radical (unpaired) electrons. The van der Waals surface area contributed by atoms with E-state index in [4.69, 9.17) is 16.7 Å². The largest absolute Gasteiger partial charge is 0.328 e. The van der Waals surface area contributed by atoms with Crippen LogP contribution in [0, 0.1) is 13.8 Å². The summed E-state index contributed by atoms with van der Waals surface area (Å²) in [5, 5.41) is 5.40. The molecule has 2 aromatic carbocycles. The van der Waals surface area contributed by atoms with Crippen molar-refractivity contribution in [2.45, 2.75) is 26.9 Å². The number of hydrogen-bond donors (Lipinski definition) is 0. The second-order valence-electron chi connectivity index (χ2n) is 7.68. The zero-order valence-corrected chi connectivity index (χ0v) is 17.6. The summed E-state index contributed by atoms with van der Waals surface area (Å²) < 4.78 is 4.06. The lowest BCUT2D eigenvalue weighted by Crippen LogP contribution is -2.26. The van der Waals surface area contributed by atoms with Gasteiger partial charge in [-0.15, -0.1) is 0 Å². The Hall–Kier alpha value is -3.31. The van der Waals surface area contributed by atoms with Crippen molar-refractivity contribution < 1.29 is 4.79 Å². The fourth-order valence-corrected chi connectivity index (χ4v) is 4.32. The monoisotopic (exact) mass is 416 g/mol. The highest BCUT2D eigenvalue weighted by Gasteiger charge is 2.32. The third-order valence-electron chi connectivity index (χ3n) is 5.55. The number of hydrogen-bond acceptors (Lipinski definition) is 2. The zero-order valence-electron chi connectivity index (χ0n) is 16.8. The summed E-state index contributed by atoms with van der Waals surface area (Å²) in [4.78, 5) is 14.9. The first-order valence-electron chi connectivity index (χ1n) is 9.88. The van der Waals surface area contributed by atoms with Crippen molar-refractivity contribution in [1.82, 2.24) is 19.2 Å². The van der Waals surface area contributed by atoms with Crippen molar-refractivity contribution in [2.24, 2.45) is 0 Å². The van der Waals surface area contributed by atoms with Crippen molar-refractivity contribution >= 4 is 17.5 Å². The van der Waals surface area contributed by atoms with Crippen LogP contribution < -0.4 is 0 Å². The molecule has 150 valence electrons. The molecule has 0 saturated heterocycles. The maximum absolute atomic E-state index is 13.1. The van der Waals surface area contributed by atoms with E-state index in [1.807, 2.05) is 41.3 Å². The van der Waals surface area contributed by atoms with Crippen LogP contribution in [0.1, 0.15) is 32.7 Å². The molecule has 30 heavy (non-hydrogen) atoms. The quantitative estimate of drug-likeness (QED) is 0.467. The highest BCUT2D eigenvalue weighted by Crippen LogP contribution is 2.33. The van der Waals surface area contributed by atoms with E-state index in [0.717, 1.165) is 28.3 Å². The summed E-state index contributed by atoms with van der Waals surface area (Å²) >= 11 is 6.26. The molecular weight excluding hydrogens is 396 g/mol. The van der Waals surface area contributed by atoms with Crippen LogP contribution in [0.3, 0.4) is 0 Å². The van der Waals surface area contributed by atoms with Crippen LogP contribution in [0.5, 0.6) is 0 Å². The third-order valence-corrected chi connectivity index (χ3v) is 5.88. The van der Waals surface area contributed by atoms with Crippen LogP contribution in [0.4, 0.5) is 0 Å². The summed E-state index contributed by atoms with van der Waals surface area (Å²) in [5.41, 5.74) is 5.92. The molecule has 0 N–H and O–H groups in total. The van der Waals surface area contributed by atoms with Crippen LogP contribution >= 0.6 is 11.6 Å². The number of carbonyl (C=O) groups is 1. The minimum Gasteiger partial charge on any atom is -0.328 e. The normalized spacial score (nSPS) is 13.0. The lowest BCUT2D eigenvalue weighted by atomic mass is 10.1. The highest BCUT2D eigenvalue weighted by molar-refractivity contribution is 6.33. The van der Waals surface area contributed by atoms with E-state index >= 15 is 0 Å². The molecule has 5 nitrogen and oxygen atoms in total. The Bertz CT molecular complexity index is 1260. The van der Waals surface area contributed by atoms with Gasteiger partial charge in [-0.05, 0) is 49.7 Å². The highest BCUT2D eigenvalue weighted by atomic mass is 35.5. The molecule has 0 saturated carbocycles. The van der Waals surface area contributed by atoms with E-state index in [1.165, 1.54) is 5.56 Å². The van der Waals surface area contributed by atoms with Gasteiger partial charge in [-0.3, -0.25) is 4.79 Å². The number of carbonyl (C=O) groups excluding carboxylic acids is 1. The molecule has 0 atom stereocenters. The molecule has 5 rings (SSSR count). The number of amides is 1. The van der Waals surface area contributed by atoms with Gasteiger partial charge in [0, 0.05) is 18.0 Å². The van der Waals surface area contributed by atoms with Crippen LogP contribution in [0.25, 0.3) is 11.5 Å². The van der Waals surface area contributed by atoms with Crippen molar-refractivity contribution in [3.63, 3.8) is 0 Å². The molecule has 0 fully saturated rings. The SMILES string of the molecule is Cc1ccc(-n2nc3c(c2-n2cccc2)CN(C(=O)c2ccccc2Cl)C3)c(C)c1. The van der Waals surface area contributed by atoms with Crippen LogP contribution in [0.15, 0.2) is 67.0 Å². The number of fused-ring (bicyclic) bond motifs is 1. The van der Waals surface area contributed by atoms with E-state index < -0.39 is 0 Å². The Morgan fingerprint density at radius 1 is 1.00 bits per heavy atom. The Balaban J connectivity index is 1.58. The Morgan fingerprint density at radius 3 is 2.50 bits per heavy atom. The smallest absolute Gasteiger partial charge is 0.256 e. The summed E-state index contributed by atoms with van der Waals surface area (Å²) in [7, 11) is 0. The fourth-order valence-electron chi connectivity index (χ4n) is 4.10. The predicted octanol–water partition coefficient (Wildman–Crippen LogP) is 5.09. The van der Waals surface area contributed by atoms with Crippen molar-refractivity contribution in [3.8, 4) is 11.5 Å². The van der Waals surface area contributed by atoms with E-state index in [2.05, 4.69) is 36.6 Å². The first-order chi connectivity index (χ1) is 14.5. The molecular formula is C24H21ClN4O. The second kappa shape index (κ2) is 7.18. The summed E-state index contributed by atoms with van der Waals surface area (Å²) in [6, 6.07) is 17.5. The molecule has 3 heterocycles. The lowest BCUT2D eigenvalue weighted by molar-refractivity contribution is 0.0749. The van der Waals surface area contributed by atoms with E-state index in [0.29, 0.717) is 23.7 Å². The average Bonchev–Trinajstić information content (AvgIpc) is 3.43. The Kier molecular flexibility index (Phi) is 4.48. The molecule has 0 bridgehead atoms. The third kappa shape index (κ3) is 3.02. The summed E-state index contributed by atoms with van der Waals surface area (Å²) in [6.07, 6.45) is 4.02. The van der Waals surface area contributed by atoms with Crippen molar-refractivity contribution in [1.29, 1.82) is 0 Å². The molecule has 1 amide bonds. The van der Waals surface area contributed by atoms with Gasteiger partial charge in [0.05, 0.1) is 35.1 Å². The van der Waals surface area contributed by atoms with Crippen LogP contribution in [-0.4, -0.2) is 25.2 Å². The van der Waals surface area contributed by atoms with Gasteiger partial charge in [-0.1, -0.05) is 41.4 Å². The number of halogens is 1. The van der Waals surface area contributed by atoms with Gasteiger partial charge in [-0.25, -0.2) is 4.68 Å². The van der Waals surface area contributed by atoms with Gasteiger partial charge in [0.1, 0.15) is 5.82 Å². The second-order valence-corrected chi connectivity index (χ2v) is 8.09. The number of nitrogens with zero attached hydrogens (tertiary/aromatic N) is 4. The van der Waals surface area contributed by atoms with Crippen LogP contribution in [0.2, 0.25) is 5.02 Å². The molecule has 2 aromatic heterocycles. The lowest BCUT2D eigenvalue weighted by Gasteiger charge is -2.18. The molecule has 1 aliphatic rings. The zero-order chi connectivity index (χ0) is 20.8. The Labute approximate surface area is 180 Å². The Morgan fingerprint density at radius 2 is 1.77 bits per heavy atom. The van der Waals surface area contributed by atoms with Crippen molar-refractivity contribution in [2.75, 3.05) is 0 Å². The first kappa shape index (κ1) is 18.7. The molecule has 1 aliphatic heterocycles. The standard InChI is InChI=1S/C24H21ClN4O/c1-16-9-10-22(17(2)13-16)29-23(27-11-5-6-12-27)19-14-28(15-21(19)26-29)24(30)18-7-3-4-8-20(18)25/h3-13H,14-15H2,1-2H3. The summed E-state index contributed by atoms with van der Waals surface area (Å²) in [6.45, 7) is 5.15. The average molecular weight is 417 g/mol. The van der Waals surface area contributed by atoms with Gasteiger partial charge in [0.25, 0.3) is 5.91 Å². The molecule has 0 aliphatic carbocycles. The molecule has 0 spiro atoms. The van der Waals surface area contributed by atoms with E-state index in [9.17, 15) is 4.79 Å². The summed E-state index contributed by atoms with van der Waals surface area (Å²) in [5.74, 6) is 0.895. The molecule has 4 aromatic rings. The van der Waals surface area contributed by atoms with Crippen LogP contribution in [-0.2, 0) is 13.1 Å². The van der Waals surface area contributed by atoms with Gasteiger partial charge in [0.2, 0.25) is 0 Å². The predicted molar refractivity (Wildman–Crippen MR) is 117 cm³/mol. The number of aromatic nitrogens is 3. The van der Waals surface area contributed by atoms with Gasteiger partial charge < -0.3 is 9.47 Å². The number of rotatable bonds is 3. The van der Waals surface area contributed by atoms with Gasteiger partial charge in [-0.2, -0.15) is 5.10 Å².